The largest absolute Gasteiger partial charge is 0.481 e. The molecule has 2 fully saturated rings. The van der Waals surface area contributed by atoms with Gasteiger partial charge in [0.05, 0.1) is 37.1 Å². The van der Waals surface area contributed by atoms with Gasteiger partial charge in [0.1, 0.15) is 11.6 Å². The van der Waals surface area contributed by atoms with Crippen LogP contribution in [0.5, 0.6) is 5.88 Å². The third kappa shape index (κ3) is 5.03. The van der Waals surface area contributed by atoms with Crippen molar-refractivity contribution in [2.24, 2.45) is 0 Å². The van der Waals surface area contributed by atoms with Crippen LogP contribution >= 0.6 is 11.6 Å². The van der Waals surface area contributed by atoms with Crippen LogP contribution in [0.3, 0.4) is 0 Å². The lowest BCUT2D eigenvalue weighted by Crippen LogP contribution is -2.53. The van der Waals surface area contributed by atoms with Gasteiger partial charge in [0.25, 0.3) is 0 Å². The van der Waals surface area contributed by atoms with E-state index in [2.05, 4.69) is 33.5 Å². The van der Waals surface area contributed by atoms with E-state index in [0.717, 1.165) is 49.1 Å². The number of benzene rings is 1. The monoisotopic (exact) mass is 512 g/mol. The second-order valence-corrected chi connectivity index (χ2v) is 9.59. The zero-order chi connectivity index (χ0) is 25.2. The maximum Gasteiger partial charge on any atom is 0.228 e. The van der Waals surface area contributed by atoms with Crippen LogP contribution in [-0.2, 0) is 4.74 Å². The van der Waals surface area contributed by atoms with Gasteiger partial charge >= 0.3 is 0 Å². The van der Waals surface area contributed by atoms with Crippen molar-refractivity contribution in [2.45, 2.75) is 25.9 Å². The van der Waals surface area contributed by atoms with E-state index >= 15 is 0 Å². The van der Waals surface area contributed by atoms with Crippen LogP contribution in [0.25, 0.3) is 11.3 Å². The second kappa shape index (κ2) is 10.4. The Kier molecular flexibility index (Phi) is 7.11. The normalized spacial score (nSPS) is 20.5. The molecule has 190 valence electrons. The third-order valence-electron chi connectivity index (χ3n) is 6.70. The molecule has 5 rings (SSSR count). The molecule has 2 atom stereocenters. The Morgan fingerprint density at radius 1 is 0.972 bits per heavy atom. The van der Waals surface area contributed by atoms with Crippen molar-refractivity contribution in [2.75, 3.05) is 61.2 Å². The molecule has 0 radical (unpaired) electrons. The number of pyridine rings is 1. The zero-order valence-electron chi connectivity index (χ0n) is 20.7. The molecule has 8 nitrogen and oxygen atoms in total. The molecule has 0 saturated carbocycles. The van der Waals surface area contributed by atoms with Crippen molar-refractivity contribution < 1.29 is 13.9 Å². The predicted octanol–water partition coefficient (Wildman–Crippen LogP) is 4.28. The minimum Gasteiger partial charge on any atom is -0.481 e. The number of morpholine rings is 1. The van der Waals surface area contributed by atoms with E-state index in [4.69, 9.17) is 31.0 Å². The zero-order valence-corrected chi connectivity index (χ0v) is 21.5. The first-order valence-electron chi connectivity index (χ1n) is 12.1. The van der Waals surface area contributed by atoms with E-state index in [-0.39, 0.29) is 17.9 Å². The molecule has 0 unspecified atom stereocenters. The first-order chi connectivity index (χ1) is 17.4. The number of rotatable bonds is 5. The summed E-state index contributed by atoms with van der Waals surface area (Å²) < 4.78 is 24.5. The molecule has 0 N–H and O–H groups in total. The molecule has 2 saturated heterocycles. The fourth-order valence-corrected chi connectivity index (χ4v) is 4.96. The van der Waals surface area contributed by atoms with Crippen molar-refractivity contribution in [1.29, 1.82) is 0 Å². The molecule has 36 heavy (non-hydrogen) atoms. The molecule has 2 aromatic heterocycles. The number of hydrogen-bond acceptors (Lipinski definition) is 8. The van der Waals surface area contributed by atoms with E-state index < -0.39 is 0 Å². The topological polar surface area (TPSA) is 66.9 Å². The van der Waals surface area contributed by atoms with Crippen LogP contribution in [0.1, 0.15) is 13.8 Å². The number of ether oxygens (including phenoxy) is 2. The van der Waals surface area contributed by atoms with Crippen LogP contribution in [0.4, 0.5) is 22.0 Å². The summed E-state index contributed by atoms with van der Waals surface area (Å²) >= 11 is 6.47. The van der Waals surface area contributed by atoms with Crippen molar-refractivity contribution in [3.05, 3.63) is 53.3 Å². The Morgan fingerprint density at radius 2 is 1.78 bits per heavy atom. The Morgan fingerprint density at radius 3 is 2.50 bits per heavy atom. The van der Waals surface area contributed by atoms with Crippen molar-refractivity contribution >= 4 is 29.2 Å². The Balaban J connectivity index is 1.46. The van der Waals surface area contributed by atoms with Gasteiger partial charge in [-0.05, 0) is 44.2 Å². The van der Waals surface area contributed by atoms with Gasteiger partial charge in [-0.2, -0.15) is 9.97 Å². The van der Waals surface area contributed by atoms with E-state index in [1.165, 1.54) is 12.1 Å². The fraction of sp³-hybridized carbons (Fsp3) is 0.423. The first-order valence-corrected chi connectivity index (χ1v) is 12.5. The van der Waals surface area contributed by atoms with E-state index in [0.29, 0.717) is 30.1 Å². The van der Waals surface area contributed by atoms with Gasteiger partial charge in [0.15, 0.2) is 5.82 Å². The Hall–Kier alpha value is -3.17. The van der Waals surface area contributed by atoms with Gasteiger partial charge in [-0.25, -0.2) is 9.37 Å². The van der Waals surface area contributed by atoms with Gasteiger partial charge in [0.2, 0.25) is 11.8 Å². The molecule has 2 aliphatic rings. The minimum absolute atomic E-state index is 0.133. The molecule has 3 aromatic rings. The molecule has 10 heteroatoms. The summed E-state index contributed by atoms with van der Waals surface area (Å²) in [6.07, 6.45) is 0. The van der Waals surface area contributed by atoms with Gasteiger partial charge < -0.3 is 24.2 Å². The molecule has 4 heterocycles. The lowest BCUT2D eigenvalue weighted by atomic mass is 10.1. The predicted molar refractivity (Wildman–Crippen MR) is 140 cm³/mol. The molecule has 0 amide bonds. The molecular weight excluding hydrogens is 483 g/mol. The van der Waals surface area contributed by atoms with Crippen LogP contribution < -0.4 is 19.4 Å². The summed E-state index contributed by atoms with van der Waals surface area (Å²) in [7, 11) is 1.60. The van der Waals surface area contributed by atoms with Crippen LogP contribution in [0.2, 0.25) is 5.02 Å². The quantitative estimate of drug-likeness (QED) is 0.502. The fourth-order valence-electron chi connectivity index (χ4n) is 4.73. The number of nitrogens with zero attached hydrogens (tertiary/aromatic N) is 6. The van der Waals surface area contributed by atoms with E-state index in [1.807, 2.05) is 12.1 Å². The highest BCUT2D eigenvalue weighted by Crippen LogP contribution is 2.32. The third-order valence-corrected chi connectivity index (χ3v) is 6.99. The maximum atomic E-state index is 13.6. The Bertz CT molecular complexity index is 1210. The molecule has 0 spiro atoms. The second-order valence-electron chi connectivity index (χ2n) is 9.18. The number of hydrogen-bond donors (Lipinski definition) is 0. The molecule has 0 bridgehead atoms. The Labute approximate surface area is 215 Å². The first kappa shape index (κ1) is 24.5. The van der Waals surface area contributed by atoms with Crippen LogP contribution in [0.15, 0.2) is 42.5 Å². The number of piperazine rings is 1. The lowest BCUT2D eigenvalue weighted by molar-refractivity contribution is 0.0981. The summed E-state index contributed by atoms with van der Waals surface area (Å²) in [6, 6.07) is 12.3. The van der Waals surface area contributed by atoms with Gasteiger partial charge in [-0.15, -0.1) is 0 Å². The summed E-state index contributed by atoms with van der Waals surface area (Å²) in [5.74, 6) is 2.49. The highest BCUT2D eigenvalue weighted by Gasteiger charge is 2.29. The maximum absolute atomic E-state index is 13.6. The summed E-state index contributed by atoms with van der Waals surface area (Å²) in [4.78, 5) is 21.1. The number of aromatic nitrogens is 3. The molecular formula is C26H30ClFN6O2. The lowest BCUT2D eigenvalue weighted by Gasteiger charge is -2.42. The number of methoxy groups -OCH3 is 1. The van der Waals surface area contributed by atoms with E-state index in [1.54, 1.807) is 25.3 Å². The standard InChI is InChI=1S/C26H30ClFN6O2/c1-17-15-32(25-21(27)8-9-24(31-25)35-3)10-11-33(17)23-14-22(19-4-6-20(28)7-5-19)29-26(30-23)34-12-13-36-16-18(34)2/h4-9,14,17-18H,10-13,15-16H2,1-3H3/t17-,18-/m1/s1. The average molecular weight is 513 g/mol. The van der Waals surface area contributed by atoms with Crippen molar-refractivity contribution in [3.8, 4) is 17.1 Å². The molecule has 0 aliphatic carbocycles. The summed E-state index contributed by atoms with van der Waals surface area (Å²) in [6.45, 7) is 8.43. The number of halogens is 2. The highest BCUT2D eigenvalue weighted by molar-refractivity contribution is 6.33. The van der Waals surface area contributed by atoms with Gasteiger partial charge in [-0.3, -0.25) is 0 Å². The van der Waals surface area contributed by atoms with E-state index in [9.17, 15) is 4.39 Å². The smallest absolute Gasteiger partial charge is 0.228 e. The molecule has 2 aliphatic heterocycles. The SMILES string of the molecule is COc1ccc(Cl)c(N2CCN(c3cc(-c4ccc(F)cc4)nc(N4CCOC[C@H]4C)n3)[C@H](C)C2)n1. The van der Waals surface area contributed by atoms with Crippen molar-refractivity contribution in [1.82, 2.24) is 15.0 Å². The minimum atomic E-state index is -0.274. The van der Waals surface area contributed by atoms with Gasteiger partial charge in [0, 0.05) is 49.9 Å². The van der Waals surface area contributed by atoms with Crippen LogP contribution in [0, 0.1) is 5.82 Å². The van der Waals surface area contributed by atoms with Crippen molar-refractivity contribution in [3.63, 3.8) is 0 Å². The van der Waals surface area contributed by atoms with Crippen LogP contribution in [-0.4, -0.2) is 73.5 Å². The summed E-state index contributed by atoms with van der Waals surface area (Å²) in [5.41, 5.74) is 1.61. The van der Waals surface area contributed by atoms with Gasteiger partial charge in [-0.1, -0.05) is 11.6 Å². The number of anilines is 3. The average Bonchev–Trinajstić information content (AvgIpc) is 2.89. The molecule has 1 aromatic carbocycles. The highest BCUT2D eigenvalue weighted by atomic mass is 35.5. The summed E-state index contributed by atoms with van der Waals surface area (Å²) in [5, 5.41) is 0.598.